The molecule has 0 spiro atoms. The van der Waals surface area contributed by atoms with Crippen molar-refractivity contribution in [3.63, 3.8) is 0 Å². The first-order valence-corrected chi connectivity index (χ1v) is 9.45. The van der Waals surface area contributed by atoms with Crippen molar-refractivity contribution in [3.8, 4) is 0 Å². The molecule has 0 bridgehead atoms. The molecule has 1 aliphatic rings. The molecule has 1 aliphatic heterocycles. The highest BCUT2D eigenvalue weighted by molar-refractivity contribution is 5.83. The van der Waals surface area contributed by atoms with Crippen LogP contribution in [0.5, 0.6) is 0 Å². The van der Waals surface area contributed by atoms with Gasteiger partial charge in [0.05, 0.1) is 0 Å². The van der Waals surface area contributed by atoms with E-state index in [1.807, 2.05) is 12.1 Å². The molecule has 3 aromatic carbocycles. The third kappa shape index (κ3) is 4.12. The highest BCUT2D eigenvalue weighted by Crippen LogP contribution is 2.21. The lowest BCUT2D eigenvalue weighted by Crippen LogP contribution is -2.47. The van der Waals surface area contributed by atoms with Crippen LogP contribution in [0.4, 0.5) is 4.79 Å². The predicted octanol–water partition coefficient (Wildman–Crippen LogP) is 3.70. The van der Waals surface area contributed by atoms with Gasteiger partial charge in [0.2, 0.25) is 0 Å². The third-order valence-corrected chi connectivity index (χ3v) is 5.38. The monoisotopic (exact) mass is 359 g/mol. The molecule has 4 heteroatoms. The number of hydrogen-bond donors (Lipinski definition) is 2. The van der Waals surface area contributed by atoms with Gasteiger partial charge in [-0.2, -0.15) is 0 Å². The minimum absolute atomic E-state index is 0.115. The third-order valence-electron chi connectivity index (χ3n) is 5.38. The number of rotatable bonds is 4. The second kappa shape index (κ2) is 7.80. The van der Waals surface area contributed by atoms with Gasteiger partial charge in [0.1, 0.15) is 0 Å². The number of amides is 2. The van der Waals surface area contributed by atoms with E-state index in [9.17, 15) is 4.79 Å². The molecular formula is C23H25N3O. The Labute approximate surface area is 160 Å². The van der Waals surface area contributed by atoms with Crippen molar-refractivity contribution < 1.29 is 4.79 Å². The zero-order valence-corrected chi connectivity index (χ0v) is 15.6. The van der Waals surface area contributed by atoms with Gasteiger partial charge in [-0.15, -0.1) is 0 Å². The molecule has 1 atom stereocenters. The zero-order chi connectivity index (χ0) is 18.6. The number of carbonyl (C=O) groups excluding carboxylic acids is 1. The summed E-state index contributed by atoms with van der Waals surface area (Å²) in [5, 5.41) is 8.41. The quantitative estimate of drug-likeness (QED) is 0.746. The van der Waals surface area contributed by atoms with Crippen LogP contribution in [0.25, 0.3) is 10.8 Å². The molecule has 138 valence electrons. The van der Waals surface area contributed by atoms with Gasteiger partial charge >= 0.3 is 6.03 Å². The van der Waals surface area contributed by atoms with Crippen molar-refractivity contribution >= 4 is 16.8 Å². The van der Waals surface area contributed by atoms with Crippen LogP contribution < -0.4 is 10.6 Å². The molecule has 0 saturated heterocycles. The van der Waals surface area contributed by atoms with E-state index in [1.165, 1.54) is 21.9 Å². The van der Waals surface area contributed by atoms with E-state index in [2.05, 4.69) is 77.2 Å². The van der Waals surface area contributed by atoms with Crippen molar-refractivity contribution in [1.29, 1.82) is 0 Å². The Hall–Kier alpha value is -2.85. The number of carbonyl (C=O) groups is 1. The maximum absolute atomic E-state index is 12.2. The summed E-state index contributed by atoms with van der Waals surface area (Å²) in [6, 6.07) is 23.3. The highest BCUT2D eigenvalue weighted by Gasteiger charge is 2.23. The van der Waals surface area contributed by atoms with E-state index in [4.69, 9.17) is 0 Å². The van der Waals surface area contributed by atoms with E-state index in [1.54, 1.807) is 0 Å². The summed E-state index contributed by atoms with van der Waals surface area (Å²) in [7, 11) is 2.12. The number of nitrogens with one attached hydrogen (secondary N) is 2. The Morgan fingerprint density at radius 3 is 2.56 bits per heavy atom. The van der Waals surface area contributed by atoms with Gasteiger partial charge < -0.3 is 10.6 Å². The molecular weight excluding hydrogens is 334 g/mol. The van der Waals surface area contributed by atoms with E-state index in [-0.39, 0.29) is 6.03 Å². The molecule has 2 amide bonds. The molecule has 27 heavy (non-hydrogen) atoms. The van der Waals surface area contributed by atoms with E-state index >= 15 is 0 Å². The number of nitrogens with zero attached hydrogens (tertiary/aromatic N) is 1. The van der Waals surface area contributed by atoms with E-state index in [0.717, 1.165) is 18.5 Å². The fraction of sp³-hybridized carbons (Fsp3) is 0.261. The fourth-order valence-electron chi connectivity index (χ4n) is 3.75. The second-order valence-corrected chi connectivity index (χ2v) is 7.29. The Morgan fingerprint density at radius 1 is 0.963 bits per heavy atom. The number of fused-ring (bicyclic) bond motifs is 2. The molecule has 4 rings (SSSR count). The Balaban J connectivity index is 1.29. The minimum atomic E-state index is -0.115. The molecule has 0 fully saturated rings. The molecule has 4 nitrogen and oxygen atoms in total. The SMILES string of the molecule is CN1Cc2ccccc2CC1CNC(=O)NCc1ccc2ccccc2c1. The Bertz CT molecular complexity index is 953. The van der Waals surface area contributed by atoms with Crippen LogP contribution in [-0.4, -0.2) is 30.6 Å². The Kier molecular flexibility index (Phi) is 5.07. The second-order valence-electron chi connectivity index (χ2n) is 7.29. The highest BCUT2D eigenvalue weighted by atomic mass is 16.2. The first kappa shape index (κ1) is 17.6. The predicted molar refractivity (Wildman–Crippen MR) is 110 cm³/mol. The van der Waals surface area contributed by atoms with Crippen molar-refractivity contribution in [3.05, 3.63) is 83.4 Å². The van der Waals surface area contributed by atoms with Crippen molar-refractivity contribution in [2.45, 2.75) is 25.6 Å². The summed E-state index contributed by atoms with van der Waals surface area (Å²) in [5.74, 6) is 0. The summed E-state index contributed by atoms with van der Waals surface area (Å²) in [6.07, 6.45) is 0.970. The van der Waals surface area contributed by atoms with E-state index < -0.39 is 0 Å². The van der Waals surface area contributed by atoms with Crippen molar-refractivity contribution in [1.82, 2.24) is 15.5 Å². The van der Waals surface area contributed by atoms with Crippen LogP contribution in [-0.2, 0) is 19.5 Å². The van der Waals surface area contributed by atoms with Crippen LogP contribution in [0.15, 0.2) is 66.7 Å². The maximum atomic E-state index is 12.2. The molecule has 0 aromatic heterocycles. The lowest BCUT2D eigenvalue weighted by molar-refractivity contribution is 0.203. The average molecular weight is 359 g/mol. The van der Waals surface area contributed by atoms with Gasteiger partial charge in [-0.05, 0) is 47.0 Å². The van der Waals surface area contributed by atoms with Crippen LogP contribution in [0, 0.1) is 0 Å². The number of likely N-dealkylation sites (N-methyl/N-ethyl adjacent to an activating group) is 1. The summed E-state index contributed by atoms with van der Waals surface area (Å²) < 4.78 is 0. The zero-order valence-electron chi connectivity index (χ0n) is 15.6. The van der Waals surface area contributed by atoms with Gasteiger partial charge in [0.15, 0.2) is 0 Å². The fourth-order valence-corrected chi connectivity index (χ4v) is 3.75. The van der Waals surface area contributed by atoms with Crippen molar-refractivity contribution in [2.24, 2.45) is 0 Å². The first-order valence-electron chi connectivity index (χ1n) is 9.45. The minimum Gasteiger partial charge on any atom is -0.337 e. The van der Waals surface area contributed by atoms with Gasteiger partial charge in [-0.3, -0.25) is 4.90 Å². The summed E-state index contributed by atoms with van der Waals surface area (Å²) >= 11 is 0. The van der Waals surface area contributed by atoms with Gasteiger partial charge in [0, 0.05) is 25.7 Å². The summed E-state index contributed by atoms with van der Waals surface area (Å²) in [6.45, 7) is 2.11. The lowest BCUT2D eigenvalue weighted by Gasteiger charge is -2.34. The normalized spacial score (nSPS) is 16.7. The summed E-state index contributed by atoms with van der Waals surface area (Å²) in [5.41, 5.74) is 3.88. The molecule has 0 saturated carbocycles. The molecule has 3 aromatic rings. The summed E-state index contributed by atoms with van der Waals surface area (Å²) in [4.78, 5) is 14.5. The first-order chi connectivity index (χ1) is 13.2. The largest absolute Gasteiger partial charge is 0.337 e. The molecule has 2 N–H and O–H groups in total. The van der Waals surface area contributed by atoms with Crippen LogP contribution >= 0.6 is 0 Å². The molecule has 1 heterocycles. The van der Waals surface area contributed by atoms with Crippen molar-refractivity contribution in [2.75, 3.05) is 13.6 Å². The molecule has 0 radical (unpaired) electrons. The topological polar surface area (TPSA) is 44.4 Å². The smallest absolute Gasteiger partial charge is 0.315 e. The van der Waals surface area contributed by atoms with Gasteiger partial charge in [-0.1, -0.05) is 60.7 Å². The van der Waals surface area contributed by atoms with Crippen LogP contribution in [0.2, 0.25) is 0 Å². The standard InChI is InChI=1S/C23H25N3O/c1-26-16-21-9-5-4-8-20(21)13-22(26)15-25-23(27)24-14-17-10-11-18-6-2-3-7-19(18)12-17/h2-12,22H,13-16H2,1H3,(H2,24,25,27). The van der Waals surface area contributed by atoms with Gasteiger partial charge in [-0.25, -0.2) is 4.79 Å². The lowest BCUT2D eigenvalue weighted by atomic mass is 9.94. The Morgan fingerprint density at radius 2 is 1.70 bits per heavy atom. The number of hydrogen-bond acceptors (Lipinski definition) is 2. The molecule has 0 aliphatic carbocycles. The maximum Gasteiger partial charge on any atom is 0.315 e. The van der Waals surface area contributed by atoms with Gasteiger partial charge in [0.25, 0.3) is 0 Å². The number of benzene rings is 3. The molecule has 1 unspecified atom stereocenters. The van der Waals surface area contributed by atoms with Crippen LogP contribution in [0.3, 0.4) is 0 Å². The van der Waals surface area contributed by atoms with Crippen LogP contribution in [0.1, 0.15) is 16.7 Å². The number of urea groups is 1. The van der Waals surface area contributed by atoms with E-state index in [0.29, 0.717) is 19.1 Å². The average Bonchev–Trinajstić information content (AvgIpc) is 2.70.